The third kappa shape index (κ3) is 3.45. The van der Waals surface area contributed by atoms with E-state index in [0.717, 1.165) is 12.0 Å². The number of ether oxygens (including phenoxy) is 1. The van der Waals surface area contributed by atoms with Crippen LogP contribution >= 0.6 is 0 Å². The monoisotopic (exact) mass is 314 g/mol. The van der Waals surface area contributed by atoms with Crippen molar-refractivity contribution in [3.63, 3.8) is 0 Å². The van der Waals surface area contributed by atoms with Crippen LogP contribution in [0.5, 0.6) is 0 Å². The zero-order valence-corrected chi connectivity index (χ0v) is 12.8. The summed E-state index contributed by atoms with van der Waals surface area (Å²) in [4.78, 5) is 23.6. The summed E-state index contributed by atoms with van der Waals surface area (Å²) < 4.78 is 5.51. The molecule has 5 nitrogen and oxygen atoms in total. The molecular formula is C18H20NO4-. The number of aliphatic carboxylic acids is 1. The van der Waals surface area contributed by atoms with Crippen LogP contribution in [-0.4, -0.2) is 25.0 Å². The number of hydrogen-bond donors (Lipinski definition) is 1. The number of carbonyl (C=O) groups excluding carboxylic acids is 2. The molecule has 2 aliphatic rings. The summed E-state index contributed by atoms with van der Waals surface area (Å²) in [5, 5.41) is 14.1. The zero-order chi connectivity index (χ0) is 16.2. The summed E-state index contributed by atoms with van der Waals surface area (Å²) in [5.74, 6) is -2.58. The lowest BCUT2D eigenvalue weighted by Crippen LogP contribution is -2.45. The van der Waals surface area contributed by atoms with Crippen molar-refractivity contribution < 1.29 is 19.4 Å². The van der Waals surface area contributed by atoms with E-state index in [2.05, 4.69) is 5.32 Å². The molecule has 1 saturated carbocycles. The molecule has 5 heteroatoms. The Morgan fingerprint density at radius 3 is 2.52 bits per heavy atom. The van der Waals surface area contributed by atoms with Crippen molar-refractivity contribution in [1.82, 2.24) is 5.32 Å². The van der Waals surface area contributed by atoms with Gasteiger partial charge in [0.25, 0.3) is 0 Å². The van der Waals surface area contributed by atoms with Crippen LogP contribution in [0.2, 0.25) is 0 Å². The van der Waals surface area contributed by atoms with Gasteiger partial charge in [-0.3, -0.25) is 4.79 Å². The Labute approximate surface area is 135 Å². The predicted octanol–water partition coefficient (Wildman–Crippen LogP) is 0.508. The van der Waals surface area contributed by atoms with Crippen molar-refractivity contribution in [1.29, 1.82) is 0 Å². The fourth-order valence-electron chi connectivity index (χ4n) is 3.63. The second kappa shape index (κ2) is 6.96. The normalized spacial score (nSPS) is 28.0. The summed E-state index contributed by atoms with van der Waals surface area (Å²) in [6, 6.07) is 9.79. The summed E-state index contributed by atoms with van der Waals surface area (Å²) >= 11 is 0. The molecule has 1 N–H and O–H groups in total. The molecule has 0 saturated heterocycles. The molecule has 0 aliphatic heterocycles. The van der Waals surface area contributed by atoms with Gasteiger partial charge in [0.2, 0.25) is 5.91 Å². The van der Waals surface area contributed by atoms with E-state index in [1.165, 1.54) is 0 Å². The topological polar surface area (TPSA) is 78.5 Å². The predicted molar refractivity (Wildman–Crippen MR) is 81.8 cm³/mol. The maximum absolute atomic E-state index is 12.3. The molecule has 0 spiro atoms. The third-order valence-corrected chi connectivity index (χ3v) is 4.69. The van der Waals surface area contributed by atoms with Gasteiger partial charge in [0.1, 0.15) is 0 Å². The standard InChI is InChI=1S/C18H21NO4/c20-17(15-13-6-7-14(10-13)16(15)18(21)22)19-8-9-23-11-12-4-2-1-3-5-12/h1-7,13-16H,8-11H2,(H,19,20)(H,21,22)/p-1/t13-,14+,15+,16-/m0/s1. The Hall–Kier alpha value is -2.14. The quantitative estimate of drug-likeness (QED) is 0.587. The Balaban J connectivity index is 1.43. The van der Waals surface area contributed by atoms with E-state index in [0.29, 0.717) is 19.8 Å². The van der Waals surface area contributed by atoms with E-state index in [9.17, 15) is 14.7 Å². The van der Waals surface area contributed by atoms with Gasteiger partial charge in [-0.25, -0.2) is 0 Å². The van der Waals surface area contributed by atoms with Gasteiger partial charge in [0.05, 0.1) is 19.1 Å². The first kappa shape index (κ1) is 15.7. The number of carbonyl (C=O) groups is 2. The van der Waals surface area contributed by atoms with E-state index in [-0.39, 0.29) is 17.7 Å². The third-order valence-electron chi connectivity index (χ3n) is 4.69. The smallest absolute Gasteiger partial charge is 0.224 e. The van der Waals surface area contributed by atoms with Gasteiger partial charge in [-0.1, -0.05) is 42.5 Å². The summed E-state index contributed by atoms with van der Waals surface area (Å²) in [7, 11) is 0. The lowest BCUT2D eigenvalue weighted by atomic mass is 9.82. The van der Waals surface area contributed by atoms with E-state index in [1.807, 2.05) is 42.5 Å². The SMILES string of the molecule is O=C([O-])[C@@H]1[C@H](C(=O)NCCOCc2ccccc2)[C@H]2C=C[C@@H]1C2. The number of rotatable bonds is 7. The number of nitrogens with one attached hydrogen (secondary N) is 1. The zero-order valence-electron chi connectivity index (χ0n) is 12.8. The maximum atomic E-state index is 12.3. The number of amides is 1. The first-order valence-electron chi connectivity index (χ1n) is 7.95. The fraction of sp³-hybridized carbons (Fsp3) is 0.444. The highest BCUT2D eigenvalue weighted by atomic mass is 16.5. The molecule has 4 atom stereocenters. The average Bonchev–Trinajstić information content (AvgIpc) is 3.16. The van der Waals surface area contributed by atoms with Crippen LogP contribution in [0.15, 0.2) is 42.5 Å². The van der Waals surface area contributed by atoms with E-state index in [4.69, 9.17) is 4.74 Å². The Morgan fingerprint density at radius 2 is 1.83 bits per heavy atom. The molecular weight excluding hydrogens is 294 g/mol. The number of carboxylic acids is 1. The van der Waals surface area contributed by atoms with Crippen LogP contribution in [0.1, 0.15) is 12.0 Å². The van der Waals surface area contributed by atoms with Gasteiger partial charge < -0.3 is 20.0 Å². The minimum absolute atomic E-state index is 0.0214. The van der Waals surface area contributed by atoms with E-state index < -0.39 is 17.8 Å². The Morgan fingerprint density at radius 1 is 1.13 bits per heavy atom. The minimum Gasteiger partial charge on any atom is -0.550 e. The first-order chi connectivity index (χ1) is 11.2. The minimum atomic E-state index is -1.12. The van der Waals surface area contributed by atoms with Crippen LogP contribution < -0.4 is 10.4 Å². The number of allylic oxidation sites excluding steroid dienone is 2. The molecule has 3 rings (SSSR count). The second-order valence-corrected chi connectivity index (χ2v) is 6.15. The molecule has 1 aromatic rings. The van der Waals surface area contributed by atoms with Crippen LogP contribution in [0.25, 0.3) is 0 Å². The molecule has 2 aliphatic carbocycles. The van der Waals surface area contributed by atoms with Crippen molar-refractivity contribution in [2.24, 2.45) is 23.7 Å². The van der Waals surface area contributed by atoms with Crippen LogP contribution in [0.4, 0.5) is 0 Å². The molecule has 1 fully saturated rings. The lowest BCUT2D eigenvalue weighted by molar-refractivity contribution is -0.313. The van der Waals surface area contributed by atoms with Gasteiger partial charge in [0.15, 0.2) is 0 Å². The summed E-state index contributed by atoms with van der Waals surface area (Å²) in [6.07, 6.45) is 4.60. The number of fused-ring (bicyclic) bond motifs is 2. The van der Waals surface area contributed by atoms with Crippen molar-refractivity contribution >= 4 is 11.9 Å². The van der Waals surface area contributed by atoms with Gasteiger partial charge >= 0.3 is 0 Å². The molecule has 0 aromatic heterocycles. The largest absolute Gasteiger partial charge is 0.550 e. The number of benzene rings is 1. The highest BCUT2D eigenvalue weighted by Crippen LogP contribution is 2.47. The molecule has 0 unspecified atom stereocenters. The van der Waals surface area contributed by atoms with Gasteiger partial charge in [-0.15, -0.1) is 0 Å². The molecule has 23 heavy (non-hydrogen) atoms. The maximum Gasteiger partial charge on any atom is 0.224 e. The highest BCUT2D eigenvalue weighted by Gasteiger charge is 2.48. The highest BCUT2D eigenvalue weighted by molar-refractivity contribution is 5.86. The second-order valence-electron chi connectivity index (χ2n) is 6.15. The van der Waals surface area contributed by atoms with Crippen LogP contribution in [0.3, 0.4) is 0 Å². The Bertz CT molecular complexity index is 598. The first-order valence-corrected chi connectivity index (χ1v) is 7.95. The van der Waals surface area contributed by atoms with Crippen LogP contribution in [-0.2, 0) is 20.9 Å². The van der Waals surface area contributed by atoms with Crippen LogP contribution in [0, 0.1) is 23.7 Å². The molecule has 1 amide bonds. The molecule has 0 heterocycles. The molecule has 1 aromatic carbocycles. The molecule has 0 radical (unpaired) electrons. The molecule has 2 bridgehead atoms. The van der Waals surface area contributed by atoms with Gasteiger partial charge in [-0.05, 0) is 23.8 Å². The van der Waals surface area contributed by atoms with Crippen molar-refractivity contribution in [2.45, 2.75) is 13.0 Å². The summed E-state index contributed by atoms with van der Waals surface area (Å²) in [5.41, 5.74) is 1.08. The van der Waals surface area contributed by atoms with Gasteiger partial charge in [0, 0.05) is 18.4 Å². The van der Waals surface area contributed by atoms with E-state index >= 15 is 0 Å². The lowest BCUT2D eigenvalue weighted by Gasteiger charge is -2.27. The molecule has 122 valence electrons. The number of hydrogen-bond acceptors (Lipinski definition) is 4. The number of carboxylic acid groups (broad SMARTS) is 1. The average molecular weight is 314 g/mol. The fourth-order valence-corrected chi connectivity index (χ4v) is 3.63. The van der Waals surface area contributed by atoms with Crippen molar-refractivity contribution in [2.75, 3.05) is 13.2 Å². The van der Waals surface area contributed by atoms with Crippen molar-refractivity contribution in [3.8, 4) is 0 Å². The van der Waals surface area contributed by atoms with Gasteiger partial charge in [-0.2, -0.15) is 0 Å². The summed E-state index contributed by atoms with van der Waals surface area (Å²) in [6.45, 7) is 1.27. The van der Waals surface area contributed by atoms with E-state index in [1.54, 1.807) is 0 Å². The van der Waals surface area contributed by atoms with Crippen molar-refractivity contribution in [3.05, 3.63) is 48.0 Å². The Kier molecular flexibility index (Phi) is 4.76.